The fourth-order valence-electron chi connectivity index (χ4n) is 1.15. The maximum Gasteiger partial charge on any atom is 0.307 e. The van der Waals surface area contributed by atoms with E-state index >= 15 is 0 Å². The summed E-state index contributed by atoms with van der Waals surface area (Å²) in [6, 6.07) is 5.51. The van der Waals surface area contributed by atoms with Gasteiger partial charge in [-0.3, -0.25) is 4.79 Å². The molecule has 4 heteroatoms. The first kappa shape index (κ1) is 10.9. The number of carboxylic acid groups (broad SMARTS) is 1. The second-order valence-electron chi connectivity index (χ2n) is 2.86. The molecule has 0 aliphatic heterocycles. The van der Waals surface area contributed by atoms with E-state index in [9.17, 15) is 4.79 Å². The number of nitrogen functional groups attached to an aromatic ring is 1. The van der Waals surface area contributed by atoms with Gasteiger partial charge in [0.2, 0.25) is 0 Å². The third-order valence-electron chi connectivity index (χ3n) is 1.77. The molecule has 0 spiro atoms. The molecule has 0 radical (unpaired) electrons. The van der Waals surface area contributed by atoms with Crippen LogP contribution in [-0.4, -0.2) is 16.8 Å². The number of aliphatic carboxylic acids is 1. The summed E-state index contributed by atoms with van der Waals surface area (Å²) in [6.07, 6.45) is -0.0110. The molecule has 14 heavy (non-hydrogen) atoms. The van der Waals surface area contributed by atoms with Crippen LogP contribution in [0.25, 0.3) is 0 Å². The molecule has 0 fully saturated rings. The fraction of sp³-hybridized carbons (Fsp3) is 0.300. The van der Waals surface area contributed by atoms with Crippen molar-refractivity contribution in [3.05, 3.63) is 23.8 Å². The van der Waals surface area contributed by atoms with Crippen LogP contribution in [0.1, 0.15) is 12.5 Å². The maximum absolute atomic E-state index is 10.5. The lowest BCUT2D eigenvalue weighted by molar-refractivity contribution is -0.136. The predicted molar refractivity (Wildman–Crippen MR) is 58.6 cm³/mol. The Kier molecular flexibility index (Phi) is 3.83. The number of hydrogen-bond donors (Lipinski definition) is 2. The molecule has 0 atom stereocenters. The van der Waals surface area contributed by atoms with Crippen LogP contribution in [-0.2, 0) is 11.2 Å². The highest BCUT2D eigenvalue weighted by molar-refractivity contribution is 7.99. The molecular formula is C10H13NO2S. The van der Waals surface area contributed by atoms with Gasteiger partial charge in [-0.25, -0.2) is 0 Å². The standard InChI is InChI=1S/C10H13NO2S/c1-2-14-8-4-3-7(5-10(12)13)9(11)6-8/h3-4,6H,2,5,11H2,1H3,(H,12,13). The van der Waals surface area contributed by atoms with Gasteiger partial charge in [0.05, 0.1) is 6.42 Å². The number of nitrogens with two attached hydrogens (primary N) is 1. The number of hydrogen-bond acceptors (Lipinski definition) is 3. The molecule has 0 aliphatic rings. The Hall–Kier alpha value is -1.16. The lowest BCUT2D eigenvalue weighted by Crippen LogP contribution is -2.03. The second-order valence-corrected chi connectivity index (χ2v) is 4.20. The zero-order valence-corrected chi connectivity index (χ0v) is 8.80. The number of benzene rings is 1. The summed E-state index contributed by atoms with van der Waals surface area (Å²) < 4.78 is 0. The van der Waals surface area contributed by atoms with Crippen molar-refractivity contribution in [2.45, 2.75) is 18.2 Å². The van der Waals surface area contributed by atoms with E-state index < -0.39 is 5.97 Å². The summed E-state index contributed by atoms with van der Waals surface area (Å²) in [4.78, 5) is 11.6. The lowest BCUT2D eigenvalue weighted by atomic mass is 10.1. The predicted octanol–water partition coefficient (Wildman–Crippen LogP) is 2.01. The summed E-state index contributed by atoms with van der Waals surface area (Å²) in [7, 11) is 0. The monoisotopic (exact) mass is 211 g/mol. The van der Waals surface area contributed by atoms with Crippen LogP contribution >= 0.6 is 11.8 Å². The van der Waals surface area contributed by atoms with Gasteiger partial charge >= 0.3 is 5.97 Å². The summed E-state index contributed by atoms with van der Waals surface area (Å²) in [6.45, 7) is 2.06. The van der Waals surface area contributed by atoms with Crippen molar-refractivity contribution in [1.82, 2.24) is 0 Å². The van der Waals surface area contributed by atoms with E-state index in [0.717, 1.165) is 10.6 Å². The van der Waals surface area contributed by atoms with Crippen molar-refractivity contribution in [3.8, 4) is 0 Å². The number of carbonyl (C=O) groups is 1. The van der Waals surface area contributed by atoms with Gasteiger partial charge in [-0.15, -0.1) is 11.8 Å². The van der Waals surface area contributed by atoms with Gasteiger partial charge in [0.1, 0.15) is 0 Å². The Morgan fingerprint density at radius 2 is 2.29 bits per heavy atom. The van der Waals surface area contributed by atoms with Gasteiger partial charge in [-0.05, 0) is 23.4 Å². The Bertz CT molecular complexity index is 339. The molecule has 76 valence electrons. The zero-order chi connectivity index (χ0) is 10.6. The van der Waals surface area contributed by atoms with Crippen LogP contribution < -0.4 is 5.73 Å². The summed E-state index contributed by atoms with van der Waals surface area (Å²) >= 11 is 1.69. The molecule has 0 saturated heterocycles. The van der Waals surface area contributed by atoms with Crippen LogP contribution in [0.3, 0.4) is 0 Å². The van der Waals surface area contributed by atoms with Crippen LogP contribution in [0.2, 0.25) is 0 Å². The quantitative estimate of drug-likeness (QED) is 0.590. The van der Waals surface area contributed by atoms with Gasteiger partial charge in [0.15, 0.2) is 0 Å². The number of carboxylic acids is 1. The first-order chi connectivity index (χ1) is 6.63. The molecule has 1 aromatic rings. The Labute approximate surface area is 87.3 Å². The van der Waals surface area contributed by atoms with E-state index in [-0.39, 0.29) is 6.42 Å². The van der Waals surface area contributed by atoms with E-state index in [4.69, 9.17) is 10.8 Å². The molecule has 0 amide bonds. The third kappa shape index (κ3) is 2.96. The van der Waals surface area contributed by atoms with Crippen molar-refractivity contribution in [2.24, 2.45) is 0 Å². The highest BCUT2D eigenvalue weighted by atomic mass is 32.2. The molecule has 1 aromatic carbocycles. The normalized spacial score (nSPS) is 10.1. The highest BCUT2D eigenvalue weighted by Crippen LogP contribution is 2.23. The fourth-order valence-corrected chi connectivity index (χ4v) is 1.86. The van der Waals surface area contributed by atoms with Crippen molar-refractivity contribution in [3.63, 3.8) is 0 Å². The van der Waals surface area contributed by atoms with Crippen molar-refractivity contribution in [2.75, 3.05) is 11.5 Å². The van der Waals surface area contributed by atoms with E-state index in [1.165, 1.54) is 0 Å². The van der Waals surface area contributed by atoms with E-state index in [0.29, 0.717) is 11.3 Å². The molecule has 3 nitrogen and oxygen atoms in total. The van der Waals surface area contributed by atoms with E-state index in [1.54, 1.807) is 17.8 Å². The first-order valence-corrected chi connectivity index (χ1v) is 5.35. The average Bonchev–Trinajstić information content (AvgIpc) is 2.10. The first-order valence-electron chi connectivity index (χ1n) is 4.36. The Morgan fingerprint density at radius 1 is 1.57 bits per heavy atom. The van der Waals surface area contributed by atoms with Crippen molar-refractivity contribution < 1.29 is 9.90 Å². The minimum atomic E-state index is -0.854. The smallest absolute Gasteiger partial charge is 0.307 e. The topological polar surface area (TPSA) is 63.3 Å². The maximum atomic E-state index is 10.5. The van der Waals surface area contributed by atoms with E-state index in [1.807, 2.05) is 12.1 Å². The van der Waals surface area contributed by atoms with Crippen LogP contribution in [0.4, 0.5) is 5.69 Å². The average molecular weight is 211 g/mol. The van der Waals surface area contributed by atoms with Crippen molar-refractivity contribution in [1.29, 1.82) is 0 Å². The molecule has 0 aliphatic carbocycles. The lowest BCUT2D eigenvalue weighted by Gasteiger charge is -2.05. The Balaban J connectivity index is 2.84. The van der Waals surface area contributed by atoms with Gasteiger partial charge in [0.25, 0.3) is 0 Å². The molecule has 1 rings (SSSR count). The summed E-state index contributed by atoms with van der Waals surface area (Å²) in [5.74, 6) is 0.130. The number of rotatable bonds is 4. The number of anilines is 1. The SMILES string of the molecule is CCSc1ccc(CC(=O)O)c(N)c1. The molecule has 0 saturated carbocycles. The molecule has 0 heterocycles. The van der Waals surface area contributed by atoms with Crippen LogP contribution in [0.5, 0.6) is 0 Å². The van der Waals surface area contributed by atoms with Gasteiger partial charge in [-0.2, -0.15) is 0 Å². The molecular weight excluding hydrogens is 198 g/mol. The highest BCUT2D eigenvalue weighted by Gasteiger charge is 2.05. The van der Waals surface area contributed by atoms with E-state index in [2.05, 4.69) is 6.92 Å². The van der Waals surface area contributed by atoms with Crippen molar-refractivity contribution >= 4 is 23.4 Å². The molecule has 0 aromatic heterocycles. The van der Waals surface area contributed by atoms with Crippen LogP contribution in [0.15, 0.2) is 23.1 Å². The minimum absolute atomic E-state index is 0.0110. The summed E-state index contributed by atoms with van der Waals surface area (Å²) in [5, 5.41) is 8.60. The van der Waals surface area contributed by atoms with Gasteiger partial charge < -0.3 is 10.8 Å². The van der Waals surface area contributed by atoms with Crippen LogP contribution in [0, 0.1) is 0 Å². The van der Waals surface area contributed by atoms with Gasteiger partial charge in [-0.1, -0.05) is 13.0 Å². The molecule has 3 N–H and O–H groups in total. The number of thioether (sulfide) groups is 1. The molecule has 0 bridgehead atoms. The minimum Gasteiger partial charge on any atom is -0.481 e. The molecule has 0 unspecified atom stereocenters. The Morgan fingerprint density at radius 3 is 2.79 bits per heavy atom. The van der Waals surface area contributed by atoms with Gasteiger partial charge in [0, 0.05) is 10.6 Å². The third-order valence-corrected chi connectivity index (χ3v) is 2.65. The zero-order valence-electron chi connectivity index (χ0n) is 7.99. The summed E-state index contributed by atoms with van der Waals surface area (Å²) in [5.41, 5.74) is 6.96. The second kappa shape index (κ2) is 4.91. The largest absolute Gasteiger partial charge is 0.481 e.